The van der Waals surface area contributed by atoms with Crippen LogP contribution in [0.1, 0.15) is 27.2 Å². The third-order valence-corrected chi connectivity index (χ3v) is 3.95. The Morgan fingerprint density at radius 1 is 1.28 bits per heavy atom. The van der Waals surface area contributed by atoms with E-state index in [1.165, 1.54) is 6.42 Å². The van der Waals surface area contributed by atoms with Crippen molar-refractivity contribution < 1.29 is 9.47 Å². The molecule has 1 N–H and O–H groups in total. The monoisotopic (exact) mass is 256 g/mol. The summed E-state index contributed by atoms with van der Waals surface area (Å²) in [6.45, 7) is 12.7. The summed E-state index contributed by atoms with van der Waals surface area (Å²) in [5, 5.41) is 3.64. The van der Waals surface area contributed by atoms with E-state index in [0.29, 0.717) is 24.2 Å². The Labute approximate surface area is 111 Å². The third-order valence-electron chi connectivity index (χ3n) is 3.95. The fraction of sp³-hybridized carbons (Fsp3) is 1.00. The van der Waals surface area contributed by atoms with E-state index in [4.69, 9.17) is 9.47 Å². The van der Waals surface area contributed by atoms with Gasteiger partial charge in [0.2, 0.25) is 0 Å². The normalized spacial score (nSPS) is 35.8. The summed E-state index contributed by atoms with van der Waals surface area (Å²) in [4.78, 5) is 2.55. The van der Waals surface area contributed by atoms with Crippen molar-refractivity contribution >= 4 is 0 Å². The van der Waals surface area contributed by atoms with Crippen molar-refractivity contribution in [2.24, 2.45) is 5.92 Å². The number of likely N-dealkylation sites (N-methyl/N-ethyl adjacent to an activating group) is 1. The Bertz CT molecular complexity index is 234. The lowest BCUT2D eigenvalue weighted by Gasteiger charge is -2.38. The molecule has 2 aliphatic rings. The van der Waals surface area contributed by atoms with Gasteiger partial charge in [-0.3, -0.25) is 4.90 Å². The maximum Gasteiger partial charge on any atom is 0.0678 e. The predicted molar refractivity (Wildman–Crippen MR) is 72.8 cm³/mol. The summed E-state index contributed by atoms with van der Waals surface area (Å²) >= 11 is 0. The summed E-state index contributed by atoms with van der Waals surface area (Å²) in [5.74, 6) is 0.679. The summed E-state index contributed by atoms with van der Waals surface area (Å²) in [5.41, 5.74) is 0. The van der Waals surface area contributed by atoms with Gasteiger partial charge in [-0.25, -0.2) is 0 Å². The van der Waals surface area contributed by atoms with Gasteiger partial charge in [-0.15, -0.1) is 0 Å². The van der Waals surface area contributed by atoms with Gasteiger partial charge in [0, 0.05) is 38.2 Å². The van der Waals surface area contributed by atoms with Crippen LogP contribution in [-0.2, 0) is 9.47 Å². The molecule has 106 valence electrons. The molecule has 0 aromatic rings. The van der Waals surface area contributed by atoms with Crippen LogP contribution in [-0.4, -0.2) is 62.5 Å². The van der Waals surface area contributed by atoms with Crippen LogP contribution in [0.5, 0.6) is 0 Å². The van der Waals surface area contributed by atoms with Gasteiger partial charge in [-0.1, -0.05) is 6.92 Å². The Kier molecular flexibility index (Phi) is 5.42. The fourth-order valence-corrected chi connectivity index (χ4v) is 3.22. The molecule has 0 amide bonds. The second kappa shape index (κ2) is 6.85. The highest BCUT2D eigenvalue weighted by Crippen LogP contribution is 2.19. The SMILES string of the molecule is CCNC(CN1CC(C)OC(C)C1)C1CCOC1. The number of hydrogen-bond acceptors (Lipinski definition) is 4. The van der Waals surface area contributed by atoms with Gasteiger partial charge in [0.15, 0.2) is 0 Å². The second-order valence-corrected chi connectivity index (χ2v) is 5.76. The number of nitrogens with zero attached hydrogens (tertiary/aromatic N) is 1. The minimum absolute atomic E-state index is 0.357. The number of hydrogen-bond donors (Lipinski definition) is 1. The van der Waals surface area contributed by atoms with Gasteiger partial charge in [0.05, 0.1) is 18.8 Å². The van der Waals surface area contributed by atoms with E-state index in [-0.39, 0.29) is 0 Å². The Morgan fingerprint density at radius 2 is 2.00 bits per heavy atom. The molecule has 0 bridgehead atoms. The summed E-state index contributed by atoms with van der Waals surface area (Å²) in [6, 6.07) is 0.565. The molecule has 2 fully saturated rings. The lowest BCUT2D eigenvalue weighted by Crippen LogP contribution is -2.52. The smallest absolute Gasteiger partial charge is 0.0678 e. The molecule has 2 rings (SSSR count). The molecule has 0 aliphatic carbocycles. The lowest BCUT2D eigenvalue weighted by molar-refractivity contribution is -0.0712. The van der Waals surface area contributed by atoms with Gasteiger partial charge >= 0.3 is 0 Å². The van der Waals surface area contributed by atoms with E-state index in [1.807, 2.05) is 0 Å². The molecule has 4 nitrogen and oxygen atoms in total. The maximum atomic E-state index is 5.80. The predicted octanol–water partition coefficient (Wildman–Crippen LogP) is 1.11. The van der Waals surface area contributed by atoms with Crippen LogP contribution in [0.25, 0.3) is 0 Å². The first-order chi connectivity index (χ1) is 8.69. The highest BCUT2D eigenvalue weighted by Gasteiger charge is 2.29. The van der Waals surface area contributed by atoms with Gasteiger partial charge in [-0.05, 0) is 26.8 Å². The lowest BCUT2D eigenvalue weighted by atomic mass is 9.98. The average Bonchev–Trinajstić information content (AvgIpc) is 2.80. The highest BCUT2D eigenvalue weighted by molar-refractivity contribution is 4.84. The van der Waals surface area contributed by atoms with Crippen LogP contribution in [0.3, 0.4) is 0 Å². The molecule has 4 atom stereocenters. The minimum atomic E-state index is 0.357. The van der Waals surface area contributed by atoms with Crippen molar-refractivity contribution in [1.82, 2.24) is 10.2 Å². The molecular weight excluding hydrogens is 228 g/mol. The van der Waals surface area contributed by atoms with Gasteiger partial charge in [0.1, 0.15) is 0 Å². The highest BCUT2D eigenvalue weighted by atomic mass is 16.5. The van der Waals surface area contributed by atoms with Crippen LogP contribution < -0.4 is 5.32 Å². The number of rotatable bonds is 5. The first-order valence-electron chi connectivity index (χ1n) is 7.38. The minimum Gasteiger partial charge on any atom is -0.381 e. The summed E-state index contributed by atoms with van der Waals surface area (Å²) in [7, 11) is 0. The first-order valence-corrected chi connectivity index (χ1v) is 7.38. The zero-order valence-electron chi connectivity index (χ0n) is 12.0. The van der Waals surface area contributed by atoms with Crippen molar-refractivity contribution in [1.29, 1.82) is 0 Å². The van der Waals surface area contributed by atoms with E-state index in [0.717, 1.165) is 39.4 Å². The third kappa shape index (κ3) is 3.92. The molecule has 2 aliphatic heterocycles. The quantitative estimate of drug-likeness (QED) is 0.799. The average molecular weight is 256 g/mol. The maximum absolute atomic E-state index is 5.80. The van der Waals surface area contributed by atoms with E-state index in [1.54, 1.807) is 0 Å². The van der Waals surface area contributed by atoms with Gasteiger partial charge in [0.25, 0.3) is 0 Å². The zero-order chi connectivity index (χ0) is 13.0. The van der Waals surface area contributed by atoms with Crippen molar-refractivity contribution in [2.45, 2.75) is 45.4 Å². The molecule has 2 saturated heterocycles. The van der Waals surface area contributed by atoms with E-state index < -0.39 is 0 Å². The van der Waals surface area contributed by atoms with Gasteiger partial charge in [-0.2, -0.15) is 0 Å². The van der Waals surface area contributed by atoms with Crippen LogP contribution >= 0.6 is 0 Å². The number of morpholine rings is 1. The molecule has 0 saturated carbocycles. The topological polar surface area (TPSA) is 33.7 Å². The second-order valence-electron chi connectivity index (χ2n) is 5.76. The fourth-order valence-electron chi connectivity index (χ4n) is 3.22. The molecule has 0 aromatic carbocycles. The van der Waals surface area contributed by atoms with E-state index in [9.17, 15) is 0 Å². The van der Waals surface area contributed by atoms with Crippen LogP contribution in [0, 0.1) is 5.92 Å². The molecule has 0 spiro atoms. The number of nitrogens with one attached hydrogen (secondary N) is 1. The summed E-state index contributed by atoms with van der Waals surface area (Å²) in [6.07, 6.45) is 1.92. The molecule has 0 radical (unpaired) electrons. The Balaban J connectivity index is 1.86. The largest absolute Gasteiger partial charge is 0.381 e. The Hall–Kier alpha value is -0.160. The molecule has 4 heteroatoms. The van der Waals surface area contributed by atoms with Crippen molar-refractivity contribution in [3.05, 3.63) is 0 Å². The van der Waals surface area contributed by atoms with Gasteiger partial charge < -0.3 is 14.8 Å². The van der Waals surface area contributed by atoms with Crippen molar-refractivity contribution in [3.63, 3.8) is 0 Å². The first kappa shape index (κ1) is 14.3. The summed E-state index contributed by atoms with van der Waals surface area (Å²) < 4.78 is 11.3. The number of ether oxygens (including phenoxy) is 2. The molecule has 0 aromatic heterocycles. The zero-order valence-corrected chi connectivity index (χ0v) is 12.0. The van der Waals surface area contributed by atoms with Crippen molar-refractivity contribution in [3.8, 4) is 0 Å². The molecule has 4 unspecified atom stereocenters. The Morgan fingerprint density at radius 3 is 2.56 bits per heavy atom. The van der Waals surface area contributed by atoms with Crippen LogP contribution in [0.4, 0.5) is 0 Å². The van der Waals surface area contributed by atoms with Crippen LogP contribution in [0.15, 0.2) is 0 Å². The van der Waals surface area contributed by atoms with Crippen molar-refractivity contribution in [2.75, 3.05) is 39.4 Å². The molecular formula is C14H28N2O2. The van der Waals surface area contributed by atoms with E-state index >= 15 is 0 Å². The standard InChI is InChI=1S/C14H28N2O2/c1-4-15-14(13-5-6-17-10-13)9-16-7-11(2)18-12(3)8-16/h11-15H,4-10H2,1-3H3. The molecule has 18 heavy (non-hydrogen) atoms. The molecule has 2 heterocycles. The van der Waals surface area contributed by atoms with E-state index in [2.05, 4.69) is 31.0 Å². The van der Waals surface area contributed by atoms with Crippen LogP contribution in [0.2, 0.25) is 0 Å².